The summed E-state index contributed by atoms with van der Waals surface area (Å²) in [6.45, 7) is 3.82. The van der Waals surface area contributed by atoms with E-state index < -0.39 is 0 Å². The number of benzene rings is 1. The van der Waals surface area contributed by atoms with Crippen LogP contribution in [0.1, 0.15) is 11.4 Å². The van der Waals surface area contributed by atoms with Crippen molar-refractivity contribution in [3.05, 3.63) is 58.8 Å². The molecule has 0 aliphatic heterocycles. The minimum Gasteiger partial charge on any atom is -0.252 e. The summed E-state index contributed by atoms with van der Waals surface area (Å²) >= 11 is 6.19. The molecule has 3 aromatic rings. The van der Waals surface area contributed by atoms with Crippen LogP contribution in [0.25, 0.3) is 22.0 Å². The van der Waals surface area contributed by atoms with Crippen molar-refractivity contribution >= 4 is 22.5 Å². The average molecular weight is 287 g/mol. The molecule has 0 N–H and O–H groups in total. The fourth-order valence-corrected chi connectivity index (χ4v) is 2.55. The van der Waals surface area contributed by atoms with Crippen molar-refractivity contribution in [3.63, 3.8) is 0 Å². The highest BCUT2D eigenvalue weighted by Gasteiger charge is 2.09. The van der Waals surface area contributed by atoms with E-state index in [1.165, 1.54) is 12.1 Å². The fourth-order valence-electron chi connectivity index (χ4n) is 2.27. The maximum atomic E-state index is 13.0. The molecule has 20 heavy (non-hydrogen) atoms. The summed E-state index contributed by atoms with van der Waals surface area (Å²) in [5.41, 5.74) is 4.39. The smallest absolute Gasteiger partial charge is 0.138 e. The van der Waals surface area contributed by atoms with E-state index in [1.807, 2.05) is 26.0 Å². The van der Waals surface area contributed by atoms with E-state index >= 15 is 0 Å². The quantitative estimate of drug-likeness (QED) is 0.606. The van der Waals surface area contributed by atoms with E-state index in [0.29, 0.717) is 5.15 Å². The van der Waals surface area contributed by atoms with Crippen molar-refractivity contribution in [2.45, 2.75) is 13.8 Å². The maximum absolute atomic E-state index is 13.0. The molecule has 0 radical (unpaired) electrons. The molecule has 0 aliphatic carbocycles. The Morgan fingerprint density at radius 3 is 2.40 bits per heavy atom. The highest BCUT2D eigenvalue weighted by Crippen LogP contribution is 2.29. The zero-order valence-electron chi connectivity index (χ0n) is 11.1. The Balaban J connectivity index is 2.26. The lowest BCUT2D eigenvalue weighted by molar-refractivity contribution is 0.628. The lowest BCUT2D eigenvalue weighted by Gasteiger charge is -2.09. The van der Waals surface area contributed by atoms with Gasteiger partial charge in [0.25, 0.3) is 0 Å². The van der Waals surface area contributed by atoms with Crippen LogP contribution in [0.3, 0.4) is 0 Å². The molecule has 0 amide bonds. The molecule has 0 saturated carbocycles. The molecule has 2 heterocycles. The number of nitrogens with zero attached hydrogens (tertiary/aromatic N) is 2. The van der Waals surface area contributed by atoms with Crippen LogP contribution in [-0.2, 0) is 0 Å². The SMILES string of the molecule is Cc1cc2nc(C)c(-c3ccc(F)cc3)cc2c(Cl)n1. The number of halogens is 2. The van der Waals surface area contributed by atoms with Gasteiger partial charge < -0.3 is 0 Å². The monoisotopic (exact) mass is 286 g/mol. The number of hydrogen-bond acceptors (Lipinski definition) is 2. The Hall–Kier alpha value is -2.00. The van der Waals surface area contributed by atoms with Crippen LogP contribution in [0.5, 0.6) is 0 Å². The van der Waals surface area contributed by atoms with Crippen LogP contribution < -0.4 is 0 Å². The molecule has 0 spiro atoms. The highest BCUT2D eigenvalue weighted by atomic mass is 35.5. The predicted molar refractivity (Wildman–Crippen MR) is 79.4 cm³/mol. The van der Waals surface area contributed by atoms with Gasteiger partial charge in [-0.05, 0) is 43.7 Å². The minimum absolute atomic E-state index is 0.254. The van der Waals surface area contributed by atoms with E-state index in [0.717, 1.165) is 33.4 Å². The van der Waals surface area contributed by atoms with Gasteiger partial charge in [0.1, 0.15) is 11.0 Å². The second-order valence-electron chi connectivity index (χ2n) is 4.75. The van der Waals surface area contributed by atoms with E-state index in [9.17, 15) is 4.39 Å². The molecule has 0 bridgehead atoms. The summed E-state index contributed by atoms with van der Waals surface area (Å²) < 4.78 is 13.0. The second kappa shape index (κ2) is 4.84. The number of rotatable bonds is 1. The molecule has 0 atom stereocenters. The van der Waals surface area contributed by atoms with Crippen molar-refractivity contribution < 1.29 is 4.39 Å². The molecule has 3 rings (SSSR count). The predicted octanol–water partition coefficient (Wildman–Crippen LogP) is 4.71. The van der Waals surface area contributed by atoms with E-state index in [-0.39, 0.29) is 5.82 Å². The summed E-state index contributed by atoms with van der Waals surface area (Å²) in [6, 6.07) is 10.2. The Kier molecular flexibility index (Phi) is 3.14. The second-order valence-corrected chi connectivity index (χ2v) is 5.11. The molecule has 4 heteroatoms. The van der Waals surface area contributed by atoms with E-state index in [2.05, 4.69) is 9.97 Å². The highest BCUT2D eigenvalue weighted by molar-refractivity contribution is 6.34. The topological polar surface area (TPSA) is 25.8 Å². The molecular weight excluding hydrogens is 275 g/mol. The Bertz CT molecular complexity index is 798. The first kappa shape index (κ1) is 13.0. The molecule has 100 valence electrons. The van der Waals surface area contributed by atoms with Gasteiger partial charge in [0, 0.05) is 22.3 Å². The first-order chi connectivity index (χ1) is 9.54. The van der Waals surface area contributed by atoms with Crippen molar-refractivity contribution in [1.82, 2.24) is 9.97 Å². The zero-order valence-corrected chi connectivity index (χ0v) is 11.9. The first-order valence-electron chi connectivity index (χ1n) is 6.25. The van der Waals surface area contributed by atoms with Crippen LogP contribution in [0.2, 0.25) is 5.15 Å². The Morgan fingerprint density at radius 1 is 1.00 bits per heavy atom. The van der Waals surface area contributed by atoms with Crippen LogP contribution in [0.15, 0.2) is 36.4 Å². The summed E-state index contributed by atoms with van der Waals surface area (Å²) in [5.74, 6) is -0.254. The van der Waals surface area contributed by atoms with Crippen LogP contribution in [-0.4, -0.2) is 9.97 Å². The van der Waals surface area contributed by atoms with Gasteiger partial charge in [0.2, 0.25) is 0 Å². The van der Waals surface area contributed by atoms with Gasteiger partial charge >= 0.3 is 0 Å². The zero-order chi connectivity index (χ0) is 14.3. The maximum Gasteiger partial charge on any atom is 0.138 e. The first-order valence-corrected chi connectivity index (χ1v) is 6.63. The lowest BCUT2D eigenvalue weighted by atomic mass is 10.0. The van der Waals surface area contributed by atoms with Crippen molar-refractivity contribution in [1.29, 1.82) is 0 Å². The summed E-state index contributed by atoms with van der Waals surface area (Å²) in [7, 11) is 0. The molecule has 0 fully saturated rings. The van der Waals surface area contributed by atoms with Gasteiger partial charge in [-0.2, -0.15) is 0 Å². The van der Waals surface area contributed by atoms with Gasteiger partial charge in [0.15, 0.2) is 0 Å². The minimum atomic E-state index is -0.254. The molecule has 0 aliphatic rings. The summed E-state index contributed by atoms with van der Waals surface area (Å²) in [5, 5.41) is 1.25. The van der Waals surface area contributed by atoms with E-state index in [4.69, 9.17) is 11.6 Å². The normalized spacial score (nSPS) is 11.0. The number of aromatic nitrogens is 2. The van der Waals surface area contributed by atoms with E-state index in [1.54, 1.807) is 12.1 Å². The molecule has 1 aromatic carbocycles. The largest absolute Gasteiger partial charge is 0.252 e. The van der Waals surface area contributed by atoms with Crippen LogP contribution >= 0.6 is 11.6 Å². The lowest BCUT2D eigenvalue weighted by Crippen LogP contribution is -1.93. The fraction of sp³-hybridized carbons (Fsp3) is 0.125. The molecule has 0 saturated heterocycles. The number of fused-ring (bicyclic) bond motifs is 1. The molecular formula is C16H12ClFN2. The third-order valence-corrected chi connectivity index (χ3v) is 3.53. The third-order valence-electron chi connectivity index (χ3n) is 3.24. The number of pyridine rings is 2. The van der Waals surface area contributed by atoms with Gasteiger partial charge in [-0.25, -0.2) is 9.37 Å². The third kappa shape index (κ3) is 2.25. The Morgan fingerprint density at radius 2 is 1.70 bits per heavy atom. The van der Waals surface area contributed by atoms with Gasteiger partial charge in [-0.1, -0.05) is 23.7 Å². The molecule has 2 aromatic heterocycles. The van der Waals surface area contributed by atoms with Crippen molar-refractivity contribution in [2.24, 2.45) is 0 Å². The molecule has 0 unspecified atom stereocenters. The van der Waals surface area contributed by atoms with Gasteiger partial charge in [0.05, 0.1) is 5.52 Å². The molecule has 2 nitrogen and oxygen atoms in total. The van der Waals surface area contributed by atoms with Crippen molar-refractivity contribution in [2.75, 3.05) is 0 Å². The number of aryl methyl sites for hydroxylation is 2. The van der Waals surface area contributed by atoms with Crippen LogP contribution in [0.4, 0.5) is 4.39 Å². The van der Waals surface area contributed by atoms with Crippen molar-refractivity contribution in [3.8, 4) is 11.1 Å². The number of hydrogen-bond donors (Lipinski definition) is 0. The van der Waals surface area contributed by atoms with Crippen LogP contribution in [0, 0.1) is 19.7 Å². The van der Waals surface area contributed by atoms with Gasteiger partial charge in [-0.15, -0.1) is 0 Å². The summed E-state index contributed by atoms with van der Waals surface area (Å²) in [4.78, 5) is 8.82. The summed E-state index contributed by atoms with van der Waals surface area (Å²) in [6.07, 6.45) is 0. The standard InChI is InChI=1S/C16H12ClFN2/c1-9-7-15-14(16(17)19-9)8-13(10(2)20-15)11-3-5-12(18)6-4-11/h3-8H,1-2H3. The average Bonchev–Trinajstić information content (AvgIpc) is 2.39. The Labute approximate surface area is 121 Å². The van der Waals surface area contributed by atoms with Gasteiger partial charge in [-0.3, -0.25) is 4.98 Å².